The molecule has 0 spiro atoms. The maximum atomic E-state index is 9.19. The molecular formula is C11H16O4. The third-order valence-electron chi connectivity index (χ3n) is 2.26. The Kier molecular flexibility index (Phi) is 4.39. The van der Waals surface area contributed by atoms with Crippen LogP contribution in [0.25, 0.3) is 0 Å². The fraction of sp³-hybridized carbons (Fsp3) is 0.455. The average molecular weight is 212 g/mol. The summed E-state index contributed by atoms with van der Waals surface area (Å²) < 4.78 is 10.3. The number of aliphatic hydroxyl groups excluding tert-OH is 2. The SMILES string of the molecule is COc1cc(CO)c(CCO)c(OC)c1. The average Bonchev–Trinajstić information content (AvgIpc) is 2.29. The number of benzene rings is 1. The molecule has 0 fully saturated rings. The molecule has 4 heteroatoms. The van der Waals surface area contributed by atoms with Gasteiger partial charge in [0, 0.05) is 18.2 Å². The van der Waals surface area contributed by atoms with E-state index < -0.39 is 0 Å². The molecule has 1 rings (SSSR count). The summed E-state index contributed by atoms with van der Waals surface area (Å²) in [6.45, 7) is -0.0709. The van der Waals surface area contributed by atoms with Gasteiger partial charge in [0.15, 0.2) is 0 Å². The van der Waals surface area contributed by atoms with Crippen molar-refractivity contribution >= 4 is 0 Å². The zero-order valence-electron chi connectivity index (χ0n) is 8.99. The fourth-order valence-electron chi connectivity index (χ4n) is 1.51. The molecule has 84 valence electrons. The van der Waals surface area contributed by atoms with Crippen LogP contribution in [0.3, 0.4) is 0 Å². The van der Waals surface area contributed by atoms with E-state index >= 15 is 0 Å². The van der Waals surface area contributed by atoms with Gasteiger partial charge in [0.25, 0.3) is 0 Å². The summed E-state index contributed by atoms with van der Waals surface area (Å²) in [7, 11) is 3.11. The summed E-state index contributed by atoms with van der Waals surface area (Å²) in [6.07, 6.45) is 0.461. The molecule has 0 bridgehead atoms. The van der Waals surface area contributed by atoms with Crippen LogP contribution >= 0.6 is 0 Å². The molecular weight excluding hydrogens is 196 g/mol. The number of hydrogen-bond acceptors (Lipinski definition) is 4. The minimum absolute atomic E-state index is 0.0235. The molecule has 0 aliphatic carbocycles. The Morgan fingerprint density at radius 3 is 2.33 bits per heavy atom. The second-order valence-corrected chi connectivity index (χ2v) is 3.10. The fourth-order valence-corrected chi connectivity index (χ4v) is 1.51. The quantitative estimate of drug-likeness (QED) is 0.755. The second-order valence-electron chi connectivity index (χ2n) is 3.10. The topological polar surface area (TPSA) is 58.9 Å². The Labute approximate surface area is 89.1 Å². The molecule has 1 aromatic carbocycles. The molecule has 0 atom stereocenters. The molecule has 0 unspecified atom stereocenters. The standard InChI is InChI=1S/C11H16O4/c1-14-9-5-8(7-13)10(3-4-12)11(6-9)15-2/h5-6,12-13H,3-4,7H2,1-2H3. The third kappa shape index (κ3) is 2.61. The van der Waals surface area contributed by atoms with Crippen molar-refractivity contribution in [2.45, 2.75) is 13.0 Å². The van der Waals surface area contributed by atoms with E-state index in [9.17, 15) is 5.11 Å². The van der Waals surface area contributed by atoms with Gasteiger partial charge >= 0.3 is 0 Å². The van der Waals surface area contributed by atoms with Crippen molar-refractivity contribution in [2.24, 2.45) is 0 Å². The van der Waals surface area contributed by atoms with Crippen molar-refractivity contribution in [1.82, 2.24) is 0 Å². The van der Waals surface area contributed by atoms with Crippen LogP contribution in [-0.4, -0.2) is 31.0 Å². The van der Waals surface area contributed by atoms with Gasteiger partial charge in [-0.25, -0.2) is 0 Å². The Morgan fingerprint density at radius 1 is 1.13 bits per heavy atom. The van der Waals surface area contributed by atoms with Crippen LogP contribution in [0.15, 0.2) is 12.1 Å². The lowest BCUT2D eigenvalue weighted by atomic mass is 10.0. The predicted molar refractivity (Wildman–Crippen MR) is 56.3 cm³/mol. The Morgan fingerprint density at radius 2 is 1.87 bits per heavy atom. The van der Waals surface area contributed by atoms with Gasteiger partial charge < -0.3 is 19.7 Å². The molecule has 0 aromatic heterocycles. The minimum atomic E-state index is -0.0944. The van der Waals surface area contributed by atoms with E-state index in [-0.39, 0.29) is 13.2 Å². The number of rotatable bonds is 5. The van der Waals surface area contributed by atoms with Gasteiger partial charge in [-0.1, -0.05) is 0 Å². The van der Waals surface area contributed by atoms with Crippen LogP contribution in [0, 0.1) is 0 Å². The van der Waals surface area contributed by atoms with Gasteiger partial charge in [0.05, 0.1) is 20.8 Å². The summed E-state index contributed by atoms with van der Waals surface area (Å²) >= 11 is 0. The number of aliphatic hydroxyl groups is 2. The first kappa shape index (κ1) is 11.8. The molecule has 0 saturated heterocycles. The Bertz CT molecular complexity index is 297. The lowest BCUT2D eigenvalue weighted by Crippen LogP contribution is -2.02. The van der Waals surface area contributed by atoms with Gasteiger partial charge in [0.1, 0.15) is 11.5 Å². The van der Waals surface area contributed by atoms with E-state index in [2.05, 4.69) is 0 Å². The van der Waals surface area contributed by atoms with Crippen LogP contribution in [0.4, 0.5) is 0 Å². The van der Waals surface area contributed by atoms with E-state index in [1.165, 1.54) is 0 Å². The summed E-state index contributed by atoms with van der Waals surface area (Å²) in [6, 6.07) is 3.48. The number of hydrogen-bond donors (Lipinski definition) is 2. The van der Waals surface area contributed by atoms with Gasteiger partial charge in [-0.3, -0.25) is 0 Å². The van der Waals surface area contributed by atoms with E-state index in [0.717, 1.165) is 11.1 Å². The predicted octanol–water partition coefficient (Wildman–Crippen LogP) is 0.731. The monoisotopic (exact) mass is 212 g/mol. The minimum Gasteiger partial charge on any atom is -0.497 e. The van der Waals surface area contributed by atoms with Crippen LogP contribution in [0.2, 0.25) is 0 Å². The Hall–Kier alpha value is -1.26. The zero-order chi connectivity index (χ0) is 11.3. The highest BCUT2D eigenvalue weighted by molar-refractivity contribution is 5.46. The van der Waals surface area contributed by atoms with Crippen molar-refractivity contribution in [2.75, 3.05) is 20.8 Å². The van der Waals surface area contributed by atoms with Crippen molar-refractivity contribution in [1.29, 1.82) is 0 Å². The van der Waals surface area contributed by atoms with Gasteiger partial charge in [0.2, 0.25) is 0 Å². The van der Waals surface area contributed by atoms with Crippen LogP contribution in [-0.2, 0) is 13.0 Å². The molecule has 0 radical (unpaired) electrons. The van der Waals surface area contributed by atoms with E-state index in [1.54, 1.807) is 26.4 Å². The highest BCUT2D eigenvalue weighted by Crippen LogP contribution is 2.29. The van der Waals surface area contributed by atoms with Crippen molar-refractivity contribution in [3.8, 4) is 11.5 Å². The highest BCUT2D eigenvalue weighted by atomic mass is 16.5. The van der Waals surface area contributed by atoms with E-state index in [0.29, 0.717) is 17.9 Å². The molecule has 1 aromatic rings. The van der Waals surface area contributed by atoms with Crippen LogP contribution in [0.5, 0.6) is 11.5 Å². The maximum Gasteiger partial charge on any atom is 0.126 e. The second kappa shape index (κ2) is 5.58. The third-order valence-corrected chi connectivity index (χ3v) is 2.26. The first-order chi connectivity index (χ1) is 7.26. The molecule has 0 heterocycles. The molecule has 0 aliphatic heterocycles. The molecule has 4 nitrogen and oxygen atoms in total. The largest absolute Gasteiger partial charge is 0.497 e. The van der Waals surface area contributed by atoms with Crippen molar-refractivity contribution in [3.05, 3.63) is 23.3 Å². The Balaban J connectivity index is 3.19. The first-order valence-corrected chi connectivity index (χ1v) is 4.72. The normalized spacial score (nSPS) is 10.1. The highest BCUT2D eigenvalue weighted by Gasteiger charge is 2.10. The first-order valence-electron chi connectivity index (χ1n) is 4.72. The lowest BCUT2D eigenvalue weighted by molar-refractivity contribution is 0.272. The summed E-state index contributed by atoms with van der Waals surface area (Å²) in [5.74, 6) is 1.27. The van der Waals surface area contributed by atoms with Gasteiger partial charge in [-0.2, -0.15) is 0 Å². The van der Waals surface area contributed by atoms with Gasteiger partial charge in [-0.15, -0.1) is 0 Å². The maximum absolute atomic E-state index is 9.19. The summed E-state index contributed by atoms with van der Waals surface area (Å²) in [5, 5.41) is 18.1. The van der Waals surface area contributed by atoms with E-state index in [1.807, 2.05) is 0 Å². The molecule has 0 aliphatic rings. The molecule has 0 saturated carbocycles. The summed E-state index contributed by atoms with van der Waals surface area (Å²) in [5.41, 5.74) is 1.54. The van der Waals surface area contributed by atoms with Crippen molar-refractivity contribution < 1.29 is 19.7 Å². The lowest BCUT2D eigenvalue weighted by Gasteiger charge is -2.13. The van der Waals surface area contributed by atoms with Gasteiger partial charge in [-0.05, 0) is 18.1 Å². The summed E-state index contributed by atoms with van der Waals surface area (Å²) in [4.78, 5) is 0. The molecule has 2 N–H and O–H groups in total. The molecule has 15 heavy (non-hydrogen) atoms. The zero-order valence-corrected chi connectivity index (χ0v) is 8.99. The molecule has 0 amide bonds. The smallest absolute Gasteiger partial charge is 0.126 e. The van der Waals surface area contributed by atoms with Crippen LogP contribution < -0.4 is 9.47 Å². The van der Waals surface area contributed by atoms with Crippen LogP contribution in [0.1, 0.15) is 11.1 Å². The number of ether oxygens (including phenoxy) is 2. The van der Waals surface area contributed by atoms with E-state index in [4.69, 9.17) is 14.6 Å². The van der Waals surface area contributed by atoms with Crippen molar-refractivity contribution in [3.63, 3.8) is 0 Å². The number of methoxy groups -OCH3 is 2.